The first kappa shape index (κ1) is 24.3. The second kappa shape index (κ2) is 9.09. The van der Waals surface area contributed by atoms with Gasteiger partial charge >= 0.3 is 5.97 Å². The minimum atomic E-state index is -3.38. The number of benzene rings is 3. The van der Waals surface area contributed by atoms with E-state index in [1.54, 1.807) is 32.2 Å². The van der Waals surface area contributed by atoms with Crippen molar-refractivity contribution in [3.63, 3.8) is 0 Å². The molecule has 0 radical (unpaired) electrons. The van der Waals surface area contributed by atoms with Crippen LogP contribution >= 0.6 is 0 Å². The lowest BCUT2D eigenvalue weighted by molar-refractivity contribution is -0.130. The molecule has 0 aliphatic rings. The molecule has 0 aliphatic carbocycles. The van der Waals surface area contributed by atoms with Crippen molar-refractivity contribution in [1.82, 2.24) is 4.98 Å². The van der Waals surface area contributed by atoms with Crippen LogP contribution in [0.25, 0.3) is 33.7 Å². The van der Waals surface area contributed by atoms with Crippen LogP contribution in [0.5, 0.6) is 0 Å². The van der Waals surface area contributed by atoms with Crippen molar-refractivity contribution in [2.45, 2.75) is 24.3 Å². The van der Waals surface area contributed by atoms with E-state index in [1.165, 1.54) is 24.3 Å². The Kier molecular flexibility index (Phi) is 6.32. The first-order valence-corrected chi connectivity index (χ1v) is 12.8. The van der Waals surface area contributed by atoms with Crippen LogP contribution in [-0.2, 0) is 20.2 Å². The summed E-state index contributed by atoms with van der Waals surface area (Å²) >= 11 is 0. The number of fused-ring (bicyclic) bond motifs is 1. The molecule has 7 heteroatoms. The smallest absolute Gasteiger partial charge is 0.336 e. The van der Waals surface area contributed by atoms with Crippen LogP contribution < -0.4 is 0 Å². The predicted octanol–water partition coefficient (Wildman–Crippen LogP) is 5.16. The number of aliphatic hydroxyl groups is 1. The molecule has 4 rings (SSSR count). The van der Waals surface area contributed by atoms with Gasteiger partial charge in [0, 0.05) is 23.4 Å². The SMILES string of the molecule is CC(C)(O)c1cc(-c2cccc(/C=C(\C(=O)O)c3ccc(S(C)(=O)=O)cc3)c2)c2ncccc2c1. The van der Waals surface area contributed by atoms with E-state index in [0.717, 1.165) is 33.8 Å². The number of sulfone groups is 1. The van der Waals surface area contributed by atoms with Crippen LogP contribution in [0, 0.1) is 0 Å². The van der Waals surface area contributed by atoms with E-state index in [0.29, 0.717) is 11.1 Å². The summed E-state index contributed by atoms with van der Waals surface area (Å²) in [5, 5.41) is 21.4. The lowest BCUT2D eigenvalue weighted by atomic mass is 9.91. The number of pyridine rings is 1. The summed E-state index contributed by atoms with van der Waals surface area (Å²) in [4.78, 5) is 16.7. The van der Waals surface area contributed by atoms with Crippen LogP contribution in [0.3, 0.4) is 0 Å². The number of hydrogen-bond acceptors (Lipinski definition) is 5. The molecule has 0 aliphatic heterocycles. The number of nitrogens with zero attached hydrogens (tertiary/aromatic N) is 1. The molecular weight excluding hydrogens is 462 g/mol. The molecule has 0 amide bonds. The van der Waals surface area contributed by atoms with Crippen molar-refractivity contribution in [1.29, 1.82) is 0 Å². The van der Waals surface area contributed by atoms with Gasteiger partial charge in [0.1, 0.15) is 0 Å². The second-order valence-electron chi connectivity index (χ2n) is 8.94. The average Bonchev–Trinajstić information content (AvgIpc) is 2.81. The topological polar surface area (TPSA) is 105 Å². The maximum absolute atomic E-state index is 12.0. The molecule has 0 saturated carbocycles. The van der Waals surface area contributed by atoms with Gasteiger partial charge in [-0.15, -0.1) is 0 Å². The molecule has 0 bridgehead atoms. The Hall–Kier alpha value is -3.81. The lowest BCUT2D eigenvalue weighted by Gasteiger charge is -2.20. The molecule has 1 aromatic heterocycles. The molecule has 35 heavy (non-hydrogen) atoms. The predicted molar refractivity (Wildman–Crippen MR) is 137 cm³/mol. The van der Waals surface area contributed by atoms with Crippen molar-refractivity contribution in [2.75, 3.05) is 6.26 Å². The monoisotopic (exact) mass is 487 g/mol. The van der Waals surface area contributed by atoms with E-state index >= 15 is 0 Å². The fourth-order valence-corrected chi connectivity index (χ4v) is 4.51. The summed E-state index contributed by atoms with van der Waals surface area (Å²) in [6.45, 7) is 3.45. The van der Waals surface area contributed by atoms with Crippen molar-refractivity contribution in [3.05, 3.63) is 95.7 Å². The Balaban J connectivity index is 1.83. The lowest BCUT2D eigenvalue weighted by Crippen LogP contribution is -2.15. The minimum Gasteiger partial charge on any atom is -0.478 e. The largest absolute Gasteiger partial charge is 0.478 e. The molecule has 4 aromatic rings. The third-order valence-electron chi connectivity index (χ3n) is 5.74. The summed E-state index contributed by atoms with van der Waals surface area (Å²) in [6.07, 6.45) is 4.37. The molecule has 178 valence electrons. The van der Waals surface area contributed by atoms with E-state index in [4.69, 9.17) is 0 Å². The van der Waals surface area contributed by atoms with Gasteiger partial charge < -0.3 is 10.2 Å². The molecule has 6 nitrogen and oxygen atoms in total. The molecule has 0 saturated heterocycles. The van der Waals surface area contributed by atoms with Gasteiger partial charge in [-0.25, -0.2) is 13.2 Å². The van der Waals surface area contributed by atoms with Gasteiger partial charge in [0.25, 0.3) is 0 Å². The van der Waals surface area contributed by atoms with Crippen molar-refractivity contribution in [2.24, 2.45) is 0 Å². The number of rotatable bonds is 6. The maximum atomic E-state index is 12.0. The second-order valence-corrected chi connectivity index (χ2v) is 11.0. The highest BCUT2D eigenvalue weighted by molar-refractivity contribution is 7.90. The van der Waals surface area contributed by atoms with E-state index in [9.17, 15) is 23.4 Å². The van der Waals surface area contributed by atoms with Crippen LogP contribution in [0.15, 0.2) is 83.9 Å². The van der Waals surface area contributed by atoms with Gasteiger partial charge in [0.05, 0.1) is 21.6 Å². The number of carboxylic acid groups (broad SMARTS) is 1. The highest BCUT2D eigenvalue weighted by atomic mass is 32.2. The molecule has 0 spiro atoms. The quantitative estimate of drug-likeness (QED) is 0.288. The van der Waals surface area contributed by atoms with E-state index in [1.807, 2.05) is 42.5 Å². The van der Waals surface area contributed by atoms with Crippen LogP contribution in [0.1, 0.15) is 30.5 Å². The number of aromatic nitrogens is 1. The Labute approximate surface area is 204 Å². The Morgan fingerprint density at radius 1 is 0.971 bits per heavy atom. The number of aliphatic carboxylic acids is 1. The van der Waals surface area contributed by atoms with E-state index in [2.05, 4.69) is 4.98 Å². The van der Waals surface area contributed by atoms with Crippen molar-refractivity contribution < 1.29 is 23.4 Å². The Morgan fingerprint density at radius 3 is 2.31 bits per heavy atom. The Morgan fingerprint density at radius 2 is 1.69 bits per heavy atom. The Bertz CT molecular complexity index is 1560. The van der Waals surface area contributed by atoms with Gasteiger partial charge in [-0.3, -0.25) is 4.98 Å². The summed E-state index contributed by atoms with van der Waals surface area (Å²) in [6, 6.07) is 20.8. The van der Waals surface area contributed by atoms with Crippen LogP contribution in [-0.4, -0.2) is 35.8 Å². The molecule has 2 N–H and O–H groups in total. The summed E-state index contributed by atoms with van der Waals surface area (Å²) in [5.74, 6) is -1.13. The maximum Gasteiger partial charge on any atom is 0.336 e. The van der Waals surface area contributed by atoms with E-state index < -0.39 is 21.4 Å². The standard InChI is InChI=1S/C28H25NO5S/c1-28(2,32)22-16-21-8-5-13-29-26(21)24(17-22)20-7-4-6-18(14-20)15-25(27(30)31)19-9-11-23(12-10-19)35(3,33)34/h4-17,32H,1-3H3,(H,30,31)/b25-15-. The summed E-state index contributed by atoms with van der Waals surface area (Å²) < 4.78 is 23.5. The zero-order valence-electron chi connectivity index (χ0n) is 19.6. The van der Waals surface area contributed by atoms with Gasteiger partial charge in [0.2, 0.25) is 0 Å². The summed E-state index contributed by atoms with van der Waals surface area (Å²) in [7, 11) is -3.38. The molecule has 0 unspecified atom stereocenters. The van der Waals surface area contributed by atoms with Gasteiger partial charge in [-0.2, -0.15) is 0 Å². The van der Waals surface area contributed by atoms with Crippen molar-refractivity contribution >= 4 is 38.4 Å². The normalized spacial score (nSPS) is 12.6. The van der Waals surface area contributed by atoms with E-state index in [-0.39, 0.29) is 10.5 Å². The van der Waals surface area contributed by atoms with Gasteiger partial charge in [0.15, 0.2) is 9.84 Å². The minimum absolute atomic E-state index is 0.0374. The fraction of sp³-hybridized carbons (Fsp3) is 0.143. The van der Waals surface area contributed by atoms with Crippen molar-refractivity contribution in [3.8, 4) is 11.1 Å². The van der Waals surface area contributed by atoms with Gasteiger partial charge in [-0.1, -0.05) is 36.4 Å². The molecular formula is C28H25NO5S. The van der Waals surface area contributed by atoms with Crippen LogP contribution in [0.2, 0.25) is 0 Å². The zero-order valence-corrected chi connectivity index (χ0v) is 20.4. The zero-order chi connectivity index (χ0) is 25.4. The third-order valence-corrected chi connectivity index (χ3v) is 6.87. The fourth-order valence-electron chi connectivity index (χ4n) is 3.88. The average molecular weight is 488 g/mol. The molecule has 3 aromatic carbocycles. The molecule has 0 fully saturated rings. The molecule has 1 heterocycles. The third kappa shape index (κ3) is 5.31. The first-order valence-electron chi connectivity index (χ1n) is 10.9. The van der Waals surface area contributed by atoms with Gasteiger partial charge in [-0.05, 0) is 78.6 Å². The summed E-state index contributed by atoms with van der Waals surface area (Å²) in [5.41, 5.74) is 3.20. The number of carboxylic acids is 1. The number of hydrogen-bond donors (Lipinski definition) is 2. The highest BCUT2D eigenvalue weighted by Crippen LogP contribution is 2.33. The van der Waals surface area contributed by atoms with Crippen LogP contribution in [0.4, 0.5) is 0 Å². The molecule has 0 atom stereocenters. The number of carbonyl (C=O) groups is 1. The first-order chi connectivity index (χ1) is 16.4. The highest BCUT2D eigenvalue weighted by Gasteiger charge is 2.19.